The Morgan fingerprint density at radius 3 is 2.41 bits per heavy atom. The van der Waals surface area contributed by atoms with E-state index in [9.17, 15) is 14.9 Å². The zero-order valence-corrected chi connectivity index (χ0v) is 19.4. The van der Waals surface area contributed by atoms with Gasteiger partial charge < -0.3 is 14.4 Å². The molecule has 0 N–H and O–H groups in total. The summed E-state index contributed by atoms with van der Waals surface area (Å²) in [4.78, 5) is 26.0. The molecule has 34 heavy (non-hydrogen) atoms. The Balaban J connectivity index is 1.57. The fourth-order valence-electron chi connectivity index (χ4n) is 3.89. The van der Waals surface area contributed by atoms with Gasteiger partial charge in [0.15, 0.2) is 6.29 Å². The molecule has 8 nitrogen and oxygen atoms in total. The molecule has 3 aromatic rings. The standard InChI is InChI=1S/C26H26N4O4/c1-26(2,3)34-25(32)29-14-13-19(16-29)30-23(17-31)22(15-27)24(28-30)18-9-11-21(12-10-18)33-20-7-5-4-6-8-20/h4-12,17,19H,13-14,16H2,1-3H3. The van der Waals surface area contributed by atoms with Gasteiger partial charge in [0.2, 0.25) is 0 Å². The first kappa shape index (κ1) is 23.1. The molecule has 1 amide bonds. The van der Waals surface area contributed by atoms with Crippen molar-refractivity contribution in [2.24, 2.45) is 0 Å². The number of nitrogens with zero attached hydrogens (tertiary/aromatic N) is 4. The molecule has 4 rings (SSSR count). The van der Waals surface area contributed by atoms with Crippen LogP contribution in [-0.4, -0.2) is 45.8 Å². The second kappa shape index (κ2) is 9.40. The maximum atomic E-state index is 12.4. The highest BCUT2D eigenvalue weighted by molar-refractivity contribution is 5.83. The molecule has 8 heteroatoms. The zero-order chi connectivity index (χ0) is 24.3. The van der Waals surface area contributed by atoms with Crippen molar-refractivity contribution in [3.8, 4) is 28.8 Å². The van der Waals surface area contributed by atoms with E-state index in [0.717, 1.165) is 5.75 Å². The Morgan fingerprint density at radius 1 is 1.12 bits per heavy atom. The molecule has 1 aliphatic rings. The minimum Gasteiger partial charge on any atom is -0.457 e. The highest BCUT2D eigenvalue weighted by atomic mass is 16.6. The Morgan fingerprint density at radius 2 is 1.79 bits per heavy atom. The maximum absolute atomic E-state index is 12.4. The molecule has 1 aromatic heterocycles. The number of carbonyl (C=O) groups is 2. The van der Waals surface area contributed by atoms with Gasteiger partial charge in [-0.15, -0.1) is 0 Å². The van der Waals surface area contributed by atoms with E-state index < -0.39 is 11.7 Å². The molecule has 1 aliphatic heterocycles. The smallest absolute Gasteiger partial charge is 0.410 e. The number of likely N-dealkylation sites (tertiary alicyclic amines) is 1. The molecule has 0 bridgehead atoms. The van der Waals surface area contributed by atoms with Gasteiger partial charge in [-0.05, 0) is 63.6 Å². The first-order valence-electron chi connectivity index (χ1n) is 11.1. The van der Waals surface area contributed by atoms with E-state index >= 15 is 0 Å². The number of benzene rings is 2. The highest BCUT2D eigenvalue weighted by Gasteiger charge is 2.33. The predicted octanol–water partition coefficient (Wildman–Crippen LogP) is 5.21. The Kier molecular flexibility index (Phi) is 6.37. The van der Waals surface area contributed by atoms with Crippen LogP contribution in [0.4, 0.5) is 4.79 Å². The summed E-state index contributed by atoms with van der Waals surface area (Å²) in [6.45, 7) is 6.29. The van der Waals surface area contributed by atoms with Crippen LogP contribution in [0.2, 0.25) is 0 Å². The van der Waals surface area contributed by atoms with Gasteiger partial charge in [0.1, 0.15) is 40.1 Å². The Hall–Kier alpha value is -4.12. The van der Waals surface area contributed by atoms with E-state index in [1.165, 1.54) is 0 Å². The van der Waals surface area contributed by atoms with E-state index in [1.54, 1.807) is 21.7 Å². The third-order valence-electron chi connectivity index (χ3n) is 5.44. The lowest BCUT2D eigenvalue weighted by atomic mass is 10.1. The number of nitriles is 1. The van der Waals surface area contributed by atoms with Crippen molar-refractivity contribution in [3.63, 3.8) is 0 Å². The molecule has 1 saturated heterocycles. The minimum absolute atomic E-state index is 0.207. The summed E-state index contributed by atoms with van der Waals surface area (Å²) in [5, 5.41) is 14.4. The number of hydrogen-bond donors (Lipinski definition) is 0. The Labute approximate surface area is 198 Å². The zero-order valence-electron chi connectivity index (χ0n) is 19.4. The molecule has 1 unspecified atom stereocenters. The van der Waals surface area contributed by atoms with Crippen LogP contribution < -0.4 is 4.74 Å². The van der Waals surface area contributed by atoms with Crippen molar-refractivity contribution in [2.75, 3.05) is 13.1 Å². The fourth-order valence-corrected chi connectivity index (χ4v) is 3.89. The van der Waals surface area contributed by atoms with Crippen LogP contribution in [-0.2, 0) is 4.74 Å². The molecule has 0 saturated carbocycles. The van der Waals surface area contributed by atoms with Crippen LogP contribution in [0.1, 0.15) is 49.3 Å². The van der Waals surface area contributed by atoms with Crippen molar-refractivity contribution in [1.82, 2.24) is 14.7 Å². The minimum atomic E-state index is -0.591. The van der Waals surface area contributed by atoms with Crippen LogP contribution in [0.3, 0.4) is 0 Å². The van der Waals surface area contributed by atoms with Crippen molar-refractivity contribution in [1.29, 1.82) is 5.26 Å². The van der Waals surface area contributed by atoms with Crippen molar-refractivity contribution >= 4 is 12.4 Å². The number of ether oxygens (including phenoxy) is 2. The van der Waals surface area contributed by atoms with E-state index in [1.807, 2.05) is 63.2 Å². The molecule has 0 radical (unpaired) electrons. The maximum Gasteiger partial charge on any atom is 0.410 e. The van der Waals surface area contributed by atoms with Gasteiger partial charge in [0.25, 0.3) is 0 Å². The van der Waals surface area contributed by atoms with Gasteiger partial charge in [0.05, 0.1) is 6.04 Å². The number of aromatic nitrogens is 2. The van der Waals surface area contributed by atoms with Crippen molar-refractivity contribution < 1.29 is 19.1 Å². The number of amides is 1. The topological polar surface area (TPSA) is 97.4 Å². The summed E-state index contributed by atoms with van der Waals surface area (Å²) in [5.41, 5.74) is 0.944. The average Bonchev–Trinajstić information content (AvgIpc) is 3.44. The molecule has 2 aromatic carbocycles. The summed E-state index contributed by atoms with van der Waals surface area (Å²) >= 11 is 0. The molecular weight excluding hydrogens is 432 g/mol. The third kappa shape index (κ3) is 4.94. The van der Waals surface area contributed by atoms with Gasteiger partial charge in [0, 0.05) is 18.7 Å². The second-order valence-electron chi connectivity index (χ2n) is 9.09. The van der Waals surface area contributed by atoms with E-state index in [0.29, 0.717) is 42.8 Å². The molecule has 174 valence electrons. The lowest BCUT2D eigenvalue weighted by Crippen LogP contribution is -2.35. The quantitative estimate of drug-likeness (QED) is 0.487. The summed E-state index contributed by atoms with van der Waals surface area (Å²) < 4.78 is 12.9. The van der Waals surface area contributed by atoms with Crippen LogP contribution in [0, 0.1) is 11.3 Å². The molecule has 0 spiro atoms. The highest BCUT2D eigenvalue weighted by Crippen LogP contribution is 2.32. The number of rotatable bonds is 5. The van der Waals surface area contributed by atoms with Crippen LogP contribution in [0.15, 0.2) is 54.6 Å². The number of aldehydes is 1. The summed E-state index contributed by atoms with van der Waals surface area (Å²) in [5.74, 6) is 1.36. The lowest BCUT2D eigenvalue weighted by molar-refractivity contribution is 0.0288. The van der Waals surface area contributed by atoms with E-state index in [-0.39, 0.29) is 17.3 Å². The van der Waals surface area contributed by atoms with Crippen LogP contribution in [0.5, 0.6) is 11.5 Å². The normalized spacial score (nSPS) is 15.6. The molecule has 1 atom stereocenters. The van der Waals surface area contributed by atoms with Gasteiger partial charge in [-0.25, -0.2) is 4.79 Å². The molecule has 0 aliphatic carbocycles. The van der Waals surface area contributed by atoms with E-state index in [2.05, 4.69) is 11.2 Å². The van der Waals surface area contributed by atoms with Crippen molar-refractivity contribution in [2.45, 2.75) is 38.8 Å². The average molecular weight is 459 g/mol. The summed E-state index contributed by atoms with van der Waals surface area (Å²) in [7, 11) is 0. The summed E-state index contributed by atoms with van der Waals surface area (Å²) in [6, 6.07) is 18.5. The Bertz CT molecular complexity index is 1220. The molecule has 2 heterocycles. The predicted molar refractivity (Wildman–Crippen MR) is 126 cm³/mol. The van der Waals surface area contributed by atoms with Gasteiger partial charge in [-0.2, -0.15) is 10.4 Å². The fraction of sp³-hybridized carbons (Fsp3) is 0.308. The number of hydrogen-bond acceptors (Lipinski definition) is 6. The first-order valence-corrected chi connectivity index (χ1v) is 11.1. The van der Waals surface area contributed by atoms with Gasteiger partial charge in [-0.3, -0.25) is 9.48 Å². The number of carbonyl (C=O) groups excluding carboxylic acids is 2. The second-order valence-corrected chi connectivity index (χ2v) is 9.09. The SMILES string of the molecule is CC(C)(C)OC(=O)N1CCC(n2nc(-c3ccc(Oc4ccccc4)cc3)c(C#N)c2C=O)C1. The first-order chi connectivity index (χ1) is 16.3. The molecular formula is C26H26N4O4. The lowest BCUT2D eigenvalue weighted by Gasteiger charge is -2.24. The van der Waals surface area contributed by atoms with E-state index in [4.69, 9.17) is 9.47 Å². The van der Waals surface area contributed by atoms with Crippen molar-refractivity contribution in [3.05, 3.63) is 65.9 Å². The number of para-hydroxylation sites is 1. The van der Waals surface area contributed by atoms with Gasteiger partial charge in [-0.1, -0.05) is 18.2 Å². The molecule has 1 fully saturated rings. The largest absolute Gasteiger partial charge is 0.457 e. The third-order valence-corrected chi connectivity index (χ3v) is 5.44. The van der Waals surface area contributed by atoms with Gasteiger partial charge >= 0.3 is 6.09 Å². The monoisotopic (exact) mass is 458 g/mol. The van der Waals surface area contributed by atoms with Crippen LogP contribution >= 0.6 is 0 Å². The van der Waals surface area contributed by atoms with Crippen LogP contribution in [0.25, 0.3) is 11.3 Å². The summed E-state index contributed by atoms with van der Waals surface area (Å²) in [6.07, 6.45) is 0.859.